The Morgan fingerprint density at radius 2 is 1.85 bits per heavy atom. The van der Waals surface area contributed by atoms with Crippen LogP contribution in [0.1, 0.15) is 16.1 Å². The molecule has 1 aromatic heterocycles. The minimum absolute atomic E-state index is 0.103. The van der Waals surface area contributed by atoms with E-state index in [1.54, 1.807) is 16.7 Å². The molecule has 27 heavy (non-hydrogen) atoms. The Morgan fingerprint density at radius 3 is 2.59 bits per heavy atom. The van der Waals surface area contributed by atoms with Gasteiger partial charge in [-0.3, -0.25) is 4.79 Å². The van der Waals surface area contributed by atoms with Crippen molar-refractivity contribution in [3.05, 3.63) is 81.2 Å². The van der Waals surface area contributed by atoms with Gasteiger partial charge in [-0.25, -0.2) is 4.79 Å². The summed E-state index contributed by atoms with van der Waals surface area (Å²) in [5.41, 5.74) is 2.35. The molecule has 0 fully saturated rings. The summed E-state index contributed by atoms with van der Waals surface area (Å²) < 4.78 is 2.49. The highest BCUT2D eigenvalue weighted by Crippen LogP contribution is 2.35. The number of benzene rings is 2. The molecule has 0 bridgehead atoms. The first-order chi connectivity index (χ1) is 13.1. The van der Waals surface area contributed by atoms with Crippen LogP contribution in [0.4, 0.5) is 5.69 Å². The molecule has 1 aliphatic rings. The van der Waals surface area contributed by atoms with E-state index >= 15 is 0 Å². The quantitative estimate of drug-likeness (QED) is 0.500. The van der Waals surface area contributed by atoms with Gasteiger partial charge in [0.2, 0.25) is 11.6 Å². The maximum atomic E-state index is 12.8. The Kier molecular flexibility index (Phi) is 5.11. The van der Waals surface area contributed by atoms with Crippen molar-refractivity contribution in [1.29, 1.82) is 0 Å². The predicted octanol–water partition coefficient (Wildman–Crippen LogP) is 4.66. The molecular formula is C20H14ClN2O2S2+. The number of hydrogen-bond acceptors (Lipinski definition) is 4. The second-order valence-corrected chi connectivity index (χ2v) is 8.47. The van der Waals surface area contributed by atoms with Crippen molar-refractivity contribution >= 4 is 58.3 Å². The molecule has 134 valence electrons. The molecule has 0 spiro atoms. The van der Waals surface area contributed by atoms with E-state index in [0.29, 0.717) is 15.6 Å². The second-order valence-electron chi connectivity index (χ2n) is 5.89. The highest BCUT2D eigenvalue weighted by Gasteiger charge is 2.40. The third-order valence-electron chi connectivity index (χ3n) is 3.94. The zero-order chi connectivity index (χ0) is 18.8. The van der Waals surface area contributed by atoms with Gasteiger partial charge in [0.1, 0.15) is 11.3 Å². The largest absolute Gasteiger partial charge is 0.433 e. The van der Waals surface area contributed by atoms with E-state index in [9.17, 15) is 9.59 Å². The Morgan fingerprint density at radius 1 is 1.11 bits per heavy atom. The standard InChI is InChI=1S/C20H13ClN2O2S2/c21-14-8-6-13(7-9-14)10-17-19(25)23-16(12-26-20(23)27-17)11-18(24)22-15-4-2-1-3-5-15/h1-10,12H,11H2/p+1. The number of allylic oxidation sites excluding steroid dienone is 1. The number of nitrogens with zero attached hydrogens (tertiary/aromatic N) is 1. The number of thioether (sulfide) groups is 1. The first kappa shape index (κ1) is 18.0. The van der Waals surface area contributed by atoms with Gasteiger partial charge >= 0.3 is 10.2 Å². The zero-order valence-corrected chi connectivity index (χ0v) is 16.4. The van der Waals surface area contributed by atoms with Crippen LogP contribution in [0.25, 0.3) is 6.08 Å². The molecule has 0 radical (unpaired) electrons. The zero-order valence-electron chi connectivity index (χ0n) is 14.0. The van der Waals surface area contributed by atoms with E-state index in [4.69, 9.17) is 11.6 Å². The van der Waals surface area contributed by atoms with E-state index in [1.165, 1.54) is 23.1 Å². The molecule has 0 saturated carbocycles. The van der Waals surface area contributed by atoms with Crippen molar-refractivity contribution < 1.29 is 14.2 Å². The van der Waals surface area contributed by atoms with E-state index in [-0.39, 0.29) is 18.2 Å². The second kappa shape index (κ2) is 7.68. The number of halogens is 1. The lowest BCUT2D eigenvalue weighted by Gasteiger charge is -2.02. The van der Waals surface area contributed by atoms with Gasteiger partial charge < -0.3 is 5.32 Å². The predicted molar refractivity (Wildman–Crippen MR) is 109 cm³/mol. The molecule has 1 N–H and O–H groups in total. The highest BCUT2D eigenvalue weighted by atomic mass is 35.5. The smallest absolute Gasteiger partial charge is 0.326 e. The molecule has 2 heterocycles. The van der Waals surface area contributed by atoms with Crippen LogP contribution in [0.2, 0.25) is 5.02 Å². The number of amides is 1. The van der Waals surface area contributed by atoms with E-state index in [2.05, 4.69) is 5.32 Å². The van der Waals surface area contributed by atoms with Gasteiger partial charge in [-0.1, -0.05) is 53.3 Å². The summed E-state index contributed by atoms with van der Waals surface area (Å²) in [7, 11) is 0. The van der Waals surface area contributed by atoms with E-state index in [0.717, 1.165) is 15.6 Å². The van der Waals surface area contributed by atoms with Gasteiger partial charge in [0, 0.05) is 22.5 Å². The topological polar surface area (TPSA) is 50.0 Å². The van der Waals surface area contributed by atoms with Crippen LogP contribution >= 0.6 is 34.7 Å². The molecule has 7 heteroatoms. The number of thiazole rings is 1. The molecular weight excluding hydrogens is 400 g/mol. The first-order valence-electron chi connectivity index (χ1n) is 8.17. The lowest BCUT2D eigenvalue weighted by molar-refractivity contribution is -0.607. The fraction of sp³-hybridized carbons (Fsp3) is 0.0500. The molecule has 0 unspecified atom stereocenters. The number of para-hydroxylation sites is 1. The summed E-state index contributed by atoms with van der Waals surface area (Å²) in [6.45, 7) is 0. The van der Waals surface area contributed by atoms with Crippen LogP contribution in [0.15, 0.2) is 69.2 Å². The SMILES string of the molecule is O=C(Cc1csc2[n+]1C(=O)C(=Cc1ccc(Cl)cc1)S2)Nc1ccccc1. The van der Waals surface area contributed by atoms with Crippen LogP contribution < -0.4 is 9.88 Å². The average Bonchev–Trinajstić information content (AvgIpc) is 3.18. The monoisotopic (exact) mass is 413 g/mol. The van der Waals surface area contributed by atoms with Crippen LogP contribution in [-0.2, 0) is 11.2 Å². The Balaban J connectivity index is 1.51. The number of carbonyl (C=O) groups is 2. The van der Waals surface area contributed by atoms with Crippen LogP contribution in [-0.4, -0.2) is 11.8 Å². The van der Waals surface area contributed by atoms with Gasteiger partial charge in [0.05, 0.1) is 5.38 Å². The van der Waals surface area contributed by atoms with Gasteiger partial charge in [0.25, 0.3) is 0 Å². The van der Waals surface area contributed by atoms with E-state index in [1.807, 2.05) is 53.9 Å². The Bertz CT molecular complexity index is 1040. The molecule has 0 aliphatic carbocycles. The minimum atomic E-state index is -0.151. The highest BCUT2D eigenvalue weighted by molar-refractivity contribution is 8.05. The fourth-order valence-electron chi connectivity index (χ4n) is 2.69. The molecule has 0 saturated heterocycles. The average molecular weight is 414 g/mol. The third-order valence-corrected chi connectivity index (χ3v) is 6.38. The summed E-state index contributed by atoms with van der Waals surface area (Å²) in [5, 5.41) is 5.37. The molecule has 2 aromatic carbocycles. The number of hydrogen-bond donors (Lipinski definition) is 1. The van der Waals surface area contributed by atoms with Crippen molar-refractivity contribution in [2.75, 3.05) is 5.32 Å². The number of fused-ring (bicyclic) bond motifs is 1. The Hall–Kier alpha value is -2.41. The van der Waals surface area contributed by atoms with Crippen LogP contribution in [0.5, 0.6) is 0 Å². The Labute approximate surface area is 169 Å². The number of anilines is 1. The number of rotatable bonds is 4. The molecule has 3 aromatic rings. The fourth-order valence-corrected chi connectivity index (χ4v) is 5.00. The van der Waals surface area contributed by atoms with Crippen molar-refractivity contribution in [2.24, 2.45) is 0 Å². The van der Waals surface area contributed by atoms with Gasteiger partial charge in [-0.05, 0) is 35.9 Å². The molecule has 0 atom stereocenters. The third kappa shape index (κ3) is 3.98. The van der Waals surface area contributed by atoms with Crippen molar-refractivity contribution in [3.8, 4) is 0 Å². The normalized spacial score (nSPS) is 14.4. The summed E-state index contributed by atoms with van der Waals surface area (Å²) in [5.74, 6) is -0.254. The van der Waals surface area contributed by atoms with Crippen LogP contribution in [0.3, 0.4) is 0 Å². The minimum Gasteiger partial charge on any atom is -0.326 e. The lowest BCUT2D eigenvalue weighted by atomic mass is 10.2. The maximum absolute atomic E-state index is 12.8. The van der Waals surface area contributed by atoms with Crippen molar-refractivity contribution in [2.45, 2.75) is 10.8 Å². The first-order valence-corrected chi connectivity index (χ1v) is 10.2. The molecule has 1 amide bonds. The number of nitrogens with one attached hydrogen (secondary N) is 1. The van der Waals surface area contributed by atoms with Gasteiger partial charge in [-0.2, -0.15) is 0 Å². The molecule has 4 nitrogen and oxygen atoms in total. The summed E-state index contributed by atoms with van der Waals surface area (Å²) in [6, 6.07) is 16.6. The molecule has 1 aliphatic heterocycles. The van der Waals surface area contributed by atoms with E-state index < -0.39 is 0 Å². The number of aromatic nitrogens is 1. The van der Waals surface area contributed by atoms with Crippen molar-refractivity contribution in [3.63, 3.8) is 0 Å². The summed E-state index contributed by atoms with van der Waals surface area (Å²) >= 11 is 8.80. The number of carbonyl (C=O) groups excluding carboxylic acids is 2. The van der Waals surface area contributed by atoms with Gasteiger partial charge in [-0.15, -0.1) is 4.57 Å². The lowest BCUT2D eigenvalue weighted by Crippen LogP contribution is -2.43. The summed E-state index contributed by atoms with van der Waals surface area (Å²) in [6.07, 6.45) is 1.99. The summed E-state index contributed by atoms with van der Waals surface area (Å²) in [4.78, 5) is 25.8. The maximum Gasteiger partial charge on any atom is 0.433 e. The van der Waals surface area contributed by atoms with Crippen molar-refractivity contribution in [1.82, 2.24) is 0 Å². The van der Waals surface area contributed by atoms with Gasteiger partial charge in [0.15, 0.2) is 0 Å². The molecule has 4 rings (SSSR count). The van der Waals surface area contributed by atoms with Crippen LogP contribution in [0, 0.1) is 0 Å².